The summed E-state index contributed by atoms with van der Waals surface area (Å²) in [6, 6.07) is 11.1. The summed E-state index contributed by atoms with van der Waals surface area (Å²) in [5.41, 5.74) is 1.48. The molecule has 0 radical (unpaired) electrons. The number of alkyl halides is 3. The summed E-state index contributed by atoms with van der Waals surface area (Å²) in [6.45, 7) is 10.2. The van der Waals surface area contributed by atoms with Gasteiger partial charge in [0.2, 0.25) is 0 Å². The Bertz CT molecular complexity index is 874. The number of halogens is 4. The second-order valence-corrected chi connectivity index (χ2v) is 8.51. The lowest BCUT2D eigenvalue weighted by Crippen LogP contribution is -2.37. The summed E-state index contributed by atoms with van der Waals surface area (Å²) in [6.07, 6.45) is 2.26. The molecular formula is C28H39ClF3NO. The number of benzene rings is 2. The van der Waals surface area contributed by atoms with E-state index in [2.05, 4.69) is 12.2 Å². The van der Waals surface area contributed by atoms with Gasteiger partial charge in [0.15, 0.2) is 0 Å². The topological polar surface area (TPSA) is 29.1 Å². The van der Waals surface area contributed by atoms with Crippen LogP contribution in [0, 0.1) is 5.92 Å². The Labute approximate surface area is 208 Å². The van der Waals surface area contributed by atoms with E-state index in [9.17, 15) is 18.0 Å². The first-order valence-corrected chi connectivity index (χ1v) is 12.9. The second kappa shape index (κ2) is 15.1. The summed E-state index contributed by atoms with van der Waals surface area (Å²) < 4.78 is 38.3. The molecular weight excluding hydrogens is 459 g/mol. The fourth-order valence-electron chi connectivity index (χ4n) is 4.06. The molecule has 1 aliphatic rings. The number of carbonyl (C=O) groups excluding carboxylic acids is 1. The van der Waals surface area contributed by atoms with Crippen molar-refractivity contribution in [1.82, 2.24) is 5.32 Å². The molecule has 2 aromatic rings. The summed E-state index contributed by atoms with van der Waals surface area (Å²) in [5.74, 6) is 0.711. The molecule has 2 nitrogen and oxygen atoms in total. The van der Waals surface area contributed by atoms with Gasteiger partial charge in [0, 0.05) is 16.6 Å². The van der Waals surface area contributed by atoms with E-state index in [-0.39, 0.29) is 17.0 Å². The van der Waals surface area contributed by atoms with Gasteiger partial charge in [0.1, 0.15) is 0 Å². The Kier molecular flexibility index (Phi) is 13.3. The maximum Gasteiger partial charge on any atom is 0.416 e. The van der Waals surface area contributed by atoms with Crippen molar-refractivity contribution >= 4 is 17.5 Å². The van der Waals surface area contributed by atoms with E-state index in [0.717, 1.165) is 49.3 Å². The lowest BCUT2D eigenvalue weighted by atomic mass is 9.84. The molecule has 1 fully saturated rings. The van der Waals surface area contributed by atoms with Gasteiger partial charge in [0.05, 0.1) is 5.56 Å². The molecule has 3 rings (SSSR count). The van der Waals surface area contributed by atoms with Crippen LogP contribution in [0.4, 0.5) is 13.2 Å². The van der Waals surface area contributed by atoms with Crippen molar-refractivity contribution in [1.29, 1.82) is 0 Å². The Hall–Kier alpha value is -2.01. The minimum absolute atomic E-state index is 0.0654. The highest BCUT2D eigenvalue weighted by molar-refractivity contribution is 6.31. The summed E-state index contributed by atoms with van der Waals surface area (Å²) in [4.78, 5) is 12.6. The molecule has 0 atom stereocenters. The van der Waals surface area contributed by atoms with Gasteiger partial charge >= 0.3 is 6.18 Å². The van der Waals surface area contributed by atoms with Crippen molar-refractivity contribution in [2.24, 2.45) is 5.92 Å². The molecule has 6 heteroatoms. The van der Waals surface area contributed by atoms with Crippen LogP contribution < -0.4 is 5.32 Å². The van der Waals surface area contributed by atoms with Crippen molar-refractivity contribution in [2.75, 3.05) is 0 Å². The normalized spacial score (nSPS) is 17.6. The van der Waals surface area contributed by atoms with Gasteiger partial charge in [0.25, 0.3) is 5.91 Å². The Morgan fingerprint density at radius 2 is 1.62 bits per heavy atom. The molecule has 0 bridgehead atoms. The maximum atomic E-state index is 12.8. The van der Waals surface area contributed by atoms with Gasteiger partial charge in [-0.3, -0.25) is 4.79 Å². The van der Waals surface area contributed by atoms with E-state index >= 15 is 0 Å². The van der Waals surface area contributed by atoms with Gasteiger partial charge in [-0.2, -0.15) is 13.2 Å². The standard InChI is InChI=1S/C24H27ClF3NO.2C2H6/c1-2-16-7-12-21(13-8-16)29-23(30)19-5-3-4-17(14-19)6-9-18-10-11-20(15-22(18)25)24(26,27)28;2*1-2/h3-5,10-11,14-16,21H,2,6-9,12-13H2,1H3,(H,29,30);2*1-2H3. The van der Waals surface area contributed by atoms with Crippen LogP contribution in [0.2, 0.25) is 5.02 Å². The number of hydrogen-bond donors (Lipinski definition) is 1. The predicted molar refractivity (Wildman–Crippen MR) is 137 cm³/mol. The fourth-order valence-corrected chi connectivity index (χ4v) is 4.33. The van der Waals surface area contributed by atoms with Gasteiger partial charge in [-0.15, -0.1) is 0 Å². The van der Waals surface area contributed by atoms with E-state index in [1.807, 2.05) is 45.9 Å². The van der Waals surface area contributed by atoms with Crippen LogP contribution in [0.25, 0.3) is 0 Å². The fraction of sp³-hybridized carbons (Fsp3) is 0.536. The first-order valence-electron chi connectivity index (χ1n) is 12.5. The number of hydrogen-bond acceptors (Lipinski definition) is 1. The van der Waals surface area contributed by atoms with Crippen molar-refractivity contribution in [3.05, 3.63) is 69.7 Å². The van der Waals surface area contributed by atoms with Crippen molar-refractivity contribution in [3.63, 3.8) is 0 Å². The van der Waals surface area contributed by atoms with Crippen LogP contribution in [-0.2, 0) is 19.0 Å². The van der Waals surface area contributed by atoms with Crippen molar-refractivity contribution in [2.45, 2.75) is 91.8 Å². The average molecular weight is 498 g/mol. The number of rotatable bonds is 6. The number of aryl methyl sites for hydroxylation is 2. The molecule has 0 heterocycles. The van der Waals surface area contributed by atoms with E-state index in [0.29, 0.717) is 24.0 Å². The molecule has 1 N–H and O–H groups in total. The Morgan fingerprint density at radius 1 is 0.971 bits per heavy atom. The van der Waals surface area contributed by atoms with Crippen LogP contribution >= 0.6 is 11.6 Å². The molecule has 1 aliphatic carbocycles. The minimum atomic E-state index is -4.40. The first-order chi connectivity index (χ1) is 16.3. The lowest BCUT2D eigenvalue weighted by molar-refractivity contribution is -0.137. The third-order valence-corrected chi connectivity index (χ3v) is 6.36. The Balaban J connectivity index is 0.00000137. The maximum absolute atomic E-state index is 12.8. The molecule has 190 valence electrons. The summed E-state index contributed by atoms with van der Waals surface area (Å²) in [7, 11) is 0. The molecule has 2 aromatic carbocycles. The number of nitrogens with one attached hydrogen (secondary N) is 1. The monoisotopic (exact) mass is 497 g/mol. The third kappa shape index (κ3) is 9.32. The van der Waals surface area contributed by atoms with Gasteiger partial charge in [-0.05, 0) is 79.8 Å². The first kappa shape index (κ1) is 30.0. The van der Waals surface area contributed by atoms with E-state index in [1.165, 1.54) is 12.5 Å². The second-order valence-electron chi connectivity index (χ2n) is 8.10. The SMILES string of the molecule is CC.CC.CCC1CCC(NC(=O)c2cccc(CCc3ccc(C(F)(F)F)cc3Cl)c2)CC1. The van der Waals surface area contributed by atoms with Crippen LogP contribution in [0.15, 0.2) is 42.5 Å². The molecule has 34 heavy (non-hydrogen) atoms. The van der Waals surface area contributed by atoms with Gasteiger partial charge in [-0.25, -0.2) is 0 Å². The minimum Gasteiger partial charge on any atom is -0.349 e. The quantitative estimate of drug-likeness (QED) is 0.424. The highest BCUT2D eigenvalue weighted by atomic mass is 35.5. The van der Waals surface area contributed by atoms with E-state index in [1.54, 1.807) is 6.07 Å². The smallest absolute Gasteiger partial charge is 0.349 e. The van der Waals surface area contributed by atoms with Crippen LogP contribution in [0.1, 0.15) is 93.8 Å². The largest absolute Gasteiger partial charge is 0.416 e. The number of amides is 1. The average Bonchev–Trinajstić information content (AvgIpc) is 2.86. The molecule has 0 aliphatic heterocycles. The zero-order valence-corrected chi connectivity index (χ0v) is 21.8. The molecule has 1 saturated carbocycles. The van der Waals surface area contributed by atoms with Gasteiger partial charge in [-0.1, -0.05) is 70.8 Å². The molecule has 1 amide bonds. The van der Waals surface area contributed by atoms with Crippen LogP contribution in [0.5, 0.6) is 0 Å². The zero-order chi connectivity index (χ0) is 25.7. The van der Waals surface area contributed by atoms with Gasteiger partial charge < -0.3 is 5.32 Å². The third-order valence-electron chi connectivity index (χ3n) is 6.01. The number of carbonyl (C=O) groups is 1. The highest BCUT2D eigenvalue weighted by Gasteiger charge is 2.30. The van der Waals surface area contributed by atoms with E-state index < -0.39 is 11.7 Å². The van der Waals surface area contributed by atoms with Crippen LogP contribution in [-0.4, -0.2) is 11.9 Å². The molecule has 0 spiro atoms. The molecule has 0 aromatic heterocycles. The predicted octanol–water partition coefficient (Wildman–Crippen LogP) is 8.90. The highest BCUT2D eigenvalue weighted by Crippen LogP contribution is 2.32. The Morgan fingerprint density at radius 3 is 2.18 bits per heavy atom. The summed E-state index contributed by atoms with van der Waals surface area (Å²) >= 11 is 6.05. The zero-order valence-electron chi connectivity index (χ0n) is 21.1. The molecule has 0 unspecified atom stereocenters. The van der Waals surface area contributed by atoms with Crippen molar-refractivity contribution in [3.8, 4) is 0 Å². The van der Waals surface area contributed by atoms with E-state index in [4.69, 9.17) is 11.6 Å². The lowest BCUT2D eigenvalue weighted by Gasteiger charge is -2.28. The molecule has 0 saturated heterocycles. The summed E-state index contributed by atoms with van der Waals surface area (Å²) in [5, 5.41) is 3.26. The van der Waals surface area contributed by atoms with Crippen molar-refractivity contribution < 1.29 is 18.0 Å². The van der Waals surface area contributed by atoms with Crippen LogP contribution in [0.3, 0.4) is 0 Å².